The normalized spacial score (nSPS) is 12.7. The summed E-state index contributed by atoms with van der Waals surface area (Å²) >= 11 is 6.27. The number of anilines is 1. The SMILES string of the molecule is C[C@H](C(=O)NC(C)(C)C)N(Cc1ccccc1Cl)C(=O)CN(c1cccc(F)c1)S(C)(=O)=O. The fraction of sp³-hybridized carbons (Fsp3) is 0.391. The molecule has 0 aromatic heterocycles. The van der Waals surface area contributed by atoms with E-state index in [2.05, 4.69) is 5.32 Å². The van der Waals surface area contributed by atoms with Gasteiger partial charge in [-0.2, -0.15) is 0 Å². The summed E-state index contributed by atoms with van der Waals surface area (Å²) in [6.45, 7) is 6.37. The molecule has 7 nitrogen and oxygen atoms in total. The number of halogens is 2. The van der Waals surface area contributed by atoms with Crippen LogP contribution in [0.4, 0.5) is 10.1 Å². The highest BCUT2D eigenvalue weighted by molar-refractivity contribution is 7.92. The number of hydrogen-bond acceptors (Lipinski definition) is 4. The van der Waals surface area contributed by atoms with Crippen LogP contribution in [0.3, 0.4) is 0 Å². The van der Waals surface area contributed by atoms with Crippen molar-refractivity contribution in [1.82, 2.24) is 10.2 Å². The first-order valence-corrected chi connectivity index (χ1v) is 12.5. The fourth-order valence-corrected chi connectivity index (χ4v) is 4.15. The summed E-state index contributed by atoms with van der Waals surface area (Å²) in [5, 5.41) is 3.24. The number of nitrogens with zero attached hydrogens (tertiary/aromatic N) is 2. The van der Waals surface area contributed by atoms with Crippen molar-refractivity contribution in [2.24, 2.45) is 0 Å². The lowest BCUT2D eigenvalue weighted by Gasteiger charge is -2.33. The largest absolute Gasteiger partial charge is 0.350 e. The zero-order valence-electron chi connectivity index (χ0n) is 19.3. The van der Waals surface area contributed by atoms with Crippen LogP contribution in [0.2, 0.25) is 5.02 Å². The summed E-state index contributed by atoms with van der Waals surface area (Å²) in [5.41, 5.74) is 0.0695. The molecule has 0 aliphatic heterocycles. The van der Waals surface area contributed by atoms with Crippen LogP contribution >= 0.6 is 11.6 Å². The van der Waals surface area contributed by atoms with Gasteiger partial charge in [-0.05, 0) is 57.5 Å². The van der Waals surface area contributed by atoms with E-state index in [9.17, 15) is 22.4 Å². The maximum absolute atomic E-state index is 13.8. The Bertz CT molecular complexity index is 1120. The maximum Gasteiger partial charge on any atom is 0.244 e. The van der Waals surface area contributed by atoms with Crippen molar-refractivity contribution in [3.63, 3.8) is 0 Å². The summed E-state index contributed by atoms with van der Waals surface area (Å²) in [7, 11) is -3.93. The first-order chi connectivity index (χ1) is 15.2. The molecule has 1 atom stereocenters. The number of carbonyl (C=O) groups is 2. The Balaban J connectivity index is 2.42. The van der Waals surface area contributed by atoms with Crippen LogP contribution in [0.25, 0.3) is 0 Å². The van der Waals surface area contributed by atoms with Crippen LogP contribution in [0, 0.1) is 5.82 Å². The molecule has 0 heterocycles. The standard InChI is InChI=1S/C23H29ClFN3O4S/c1-16(22(30)26-23(2,3)4)27(14-17-9-6-7-12-20(17)24)21(29)15-28(33(5,31)32)19-11-8-10-18(25)13-19/h6-13,16H,14-15H2,1-5H3,(H,26,30)/t16-/m1/s1. The van der Waals surface area contributed by atoms with E-state index in [1.807, 2.05) is 20.8 Å². The Morgan fingerprint density at radius 1 is 1.12 bits per heavy atom. The third-order valence-corrected chi connectivity index (χ3v) is 6.25. The minimum atomic E-state index is -3.93. The molecular formula is C23H29ClFN3O4S. The van der Waals surface area contributed by atoms with E-state index in [-0.39, 0.29) is 12.2 Å². The third kappa shape index (κ3) is 7.71. The molecule has 10 heteroatoms. The van der Waals surface area contributed by atoms with Crippen molar-refractivity contribution in [3.8, 4) is 0 Å². The van der Waals surface area contributed by atoms with Crippen LogP contribution in [-0.4, -0.2) is 49.5 Å². The van der Waals surface area contributed by atoms with E-state index >= 15 is 0 Å². The molecule has 0 unspecified atom stereocenters. The Hall–Kier alpha value is -2.65. The van der Waals surface area contributed by atoms with E-state index in [1.165, 1.54) is 23.1 Å². The summed E-state index contributed by atoms with van der Waals surface area (Å²) in [6, 6.07) is 10.9. The number of benzene rings is 2. The highest BCUT2D eigenvalue weighted by Crippen LogP contribution is 2.22. The van der Waals surface area contributed by atoms with Gasteiger partial charge in [-0.25, -0.2) is 12.8 Å². The molecule has 0 fully saturated rings. The maximum atomic E-state index is 13.8. The van der Waals surface area contributed by atoms with E-state index in [1.54, 1.807) is 31.2 Å². The molecule has 2 aromatic carbocycles. The zero-order valence-corrected chi connectivity index (χ0v) is 20.9. The van der Waals surface area contributed by atoms with Gasteiger partial charge in [0, 0.05) is 17.1 Å². The molecule has 2 rings (SSSR count). The number of rotatable bonds is 8. The minimum Gasteiger partial charge on any atom is -0.350 e. The molecule has 0 radical (unpaired) electrons. The second kappa shape index (κ2) is 10.5. The Morgan fingerprint density at radius 3 is 2.30 bits per heavy atom. The third-order valence-electron chi connectivity index (χ3n) is 4.74. The van der Waals surface area contributed by atoms with Gasteiger partial charge in [0.05, 0.1) is 11.9 Å². The van der Waals surface area contributed by atoms with Gasteiger partial charge in [0.15, 0.2) is 0 Å². The number of sulfonamides is 1. The van der Waals surface area contributed by atoms with Crippen molar-refractivity contribution >= 4 is 39.1 Å². The van der Waals surface area contributed by atoms with Crippen molar-refractivity contribution in [1.29, 1.82) is 0 Å². The van der Waals surface area contributed by atoms with Gasteiger partial charge in [-0.1, -0.05) is 35.9 Å². The molecule has 2 aromatic rings. The zero-order chi connectivity index (χ0) is 25.0. The predicted octanol–water partition coefficient (Wildman–Crippen LogP) is 3.58. The van der Waals surface area contributed by atoms with E-state index in [0.29, 0.717) is 10.6 Å². The number of carbonyl (C=O) groups excluding carboxylic acids is 2. The van der Waals surface area contributed by atoms with Crippen LogP contribution in [0.5, 0.6) is 0 Å². The van der Waals surface area contributed by atoms with Crippen LogP contribution in [0.1, 0.15) is 33.3 Å². The quantitative estimate of drug-likeness (QED) is 0.604. The average Bonchev–Trinajstić information content (AvgIpc) is 2.68. The average molecular weight is 498 g/mol. The monoisotopic (exact) mass is 497 g/mol. The van der Waals surface area contributed by atoms with Crippen LogP contribution < -0.4 is 9.62 Å². The Labute approximate surface area is 199 Å². The van der Waals surface area contributed by atoms with Gasteiger partial charge in [0.2, 0.25) is 21.8 Å². The molecule has 180 valence electrons. The van der Waals surface area contributed by atoms with Gasteiger partial charge >= 0.3 is 0 Å². The molecule has 0 aliphatic rings. The summed E-state index contributed by atoms with van der Waals surface area (Å²) < 4.78 is 39.4. The van der Waals surface area contributed by atoms with Crippen molar-refractivity contribution in [3.05, 3.63) is 64.9 Å². The van der Waals surface area contributed by atoms with E-state index in [4.69, 9.17) is 11.6 Å². The highest BCUT2D eigenvalue weighted by Gasteiger charge is 2.31. The van der Waals surface area contributed by atoms with Gasteiger partial charge in [0.1, 0.15) is 18.4 Å². The van der Waals surface area contributed by atoms with Crippen LogP contribution in [0.15, 0.2) is 48.5 Å². The molecule has 2 amide bonds. The molecule has 33 heavy (non-hydrogen) atoms. The topological polar surface area (TPSA) is 86.8 Å². The van der Waals surface area contributed by atoms with Crippen molar-refractivity contribution < 1.29 is 22.4 Å². The molecule has 0 spiro atoms. The number of hydrogen-bond donors (Lipinski definition) is 1. The van der Waals surface area contributed by atoms with E-state index < -0.39 is 45.8 Å². The molecule has 0 saturated heterocycles. The first kappa shape index (κ1) is 26.6. The molecular weight excluding hydrogens is 469 g/mol. The van der Waals surface area contributed by atoms with Gasteiger partial charge in [-0.3, -0.25) is 13.9 Å². The lowest BCUT2D eigenvalue weighted by atomic mass is 10.1. The lowest BCUT2D eigenvalue weighted by molar-refractivity contribution is -0.140. The lowest BCUT2D eigenvalue weighted by Crippen LogP contribution is -2.54. The van der Waals surface area contributed by atoms with E-state index in [0.717, 1.165) is 16.6 Å². The minimum absolute atomic E-state index is 0.00957. The highest BCUT2D eigenvalue weighted by atomic mass is 35.5. The molecule has 1 N–H and O–H groups in total. The van der Waals surface area contributed by atoms with Gasteiger partial charge < -0.3 is 10.2 Å². The first-order valence-electron chi connectivity index (χ1n) is 10.3. The molecule has 0 saturated carbocycles. The summed E-state index contributed by atoms with van der Waals surface area (Å²) in [4.78, 5) is 27.5. The molecule has 0 bridgehead atoms. The number of nitrogens with one attached hydrogen (secondary N) is 1. The second-order valence-corrected chi connectivity index (χ2v) is 11.1. The Morgan fingerprint density at radius 2 is 1.76 bits per heavy atom. The summed E-state index contributed by atoms with van der Waals surface area (Å²) in [5.74, 6) is -1.68. The smallest absolute Gasteiger partial charge is 0.244 e. The van der Waals surface area contributed by atoms with Gasteiger partial charge in [-0.15, -0.1) is 0 Å². The summed E-state index contributed by atoms with van der Waals surface area (Å²) in [6.07, 6.45) is 0.930. The molecule has 0 aliphatic carbocycles. The second-order valence-electron chi connectivity index (χ2n) is 8.78. The van der Waals surface area contributed by atoms with Gasteiger partial charge in [0.25, 0.3) is 0 Å². The predicted molar refractivity (Wildman–Crippen MR) is 128 cm³/mol. The number of amides is 2. The van der Waals surface area contributed by atoms with Crippen molar-refractivity contribution in [2.45, 2.75) is 45.8 Å². The van der Waals surface area contributed by atoms with Crippen molar-refractivity contribution in [2.75, 3.05) is 17.1 Å². The fourth-order valence-electron chi connectivity index (χ4n) is 3.11. The van der Waals surface area contributed by atoms with Crippen LogP contribution in [-0.2, 0) is 26.2 Å². The Kier molecular flexibility index (Phi) is 8.48.